The molecular weight excluding hydrogens is 214 g/mol. The summed E-state index contributed by atoms with van der Waals surface area (Å²) in [5, 5.41) is 13.4. The van der Waals surface area contributed by atoms with Crippen LogP contribution in [-0.4, -0.2) is 21.5 Å². The lowest BCUT2D eigenvalue weighted by molar-refractivity contribution is 0.267. The molecule has 1 aromatic carbocycles. The highest BCUT2D eigenvalue weighted by Gasteiger charge is 2.13. The monoisotopic (exact) mass is 231 g/mol. The van der Waals surface area contributed by atoms with Crippen molar-refractivity contribution < 1.29 is 5.11 Å². The Bertz CT molecular complexity index is 519. The Labute approximate surface area is 101 Å². The fourth-order valence-electron chi connectivity index (χ4n) is 1.90. The number of hydrogen-bond donors (Lipinski definition) is 2. The quantitative estimate of drug-likeness (QED) is 0.841. The predicted octanol–water partition coefficient (Wildman–Crippen LogP) is 1.48. The van der Waals surface area contributed by atoms with Crippen LogP contribution >= 0.6 is 0 Å². The summed E-state index contributed by atoms with van der Waals surface area (Å²) in [6.07, 6.45) is 1.72. The van der Waals surface area contributed by atoms with E-state index in [1.807, 2.05) is 36.7 Å². The van der Waals surface area contributed by atoms with Gasteiger partial charge in [0.15, 0.2) is 0 Å². The van der Waals surface area contributed by atoms with E-state index in [0.717, 1.165) is 16.9 Å². The molecule has 2 aromatic rings. The first-order chi connectivity index (χ1) is 8.13. The number of rotatable bonds is 3. The predicted molar refractivity (Wildman–Crippen MR) is 67.1 cm³/mol. The molecule has 17 heavy (non-hydrogen) atoms. The Hall–Kier alpha value is -1.65. The minimum Gasteiger partial charge on any atom is -0.394 e. The lowest BCUT2D eigenvalue weighted by Gasteiger charge is -2.09. The van der Waals surface area contributed by atoms with Gasteiger partial charge < -0.3 is 10.8 Å². The molecule has 3 N–H and O–H groups in total. The Morgan fingerprint density at radius 3 is 2.82 bits per heavy atom. The molecule has 2 rings (SSSR count). The van der Waals surface area contributed by atoms with Crippen molar-refractivity contribution in [3.05, 3.63) is 47.3 Å². The van der Waals surface area contributed by atoms with Crippen LogP contribution in [0.3, 0.4) is 0 Å². The van der Waals surface area contributed by atoms with Gasteiger partial charge in [-0.2, -0.15) is 5.10 Å². The molecule has 0 fully saturated rings. The number of nitrogens with zero attached hydrogens (tertiary/aromatic N) is 2. The summed E-state index contributed by atoms with van der Waals surface area (Å²) in [6.45, 7) is 3.93. The van der Waals surface area contributed by atoms with Gasteiger partial charge in [-0.25, -0.2) is 4.68 Å². The van der Waals surface area contributed by atoms with E-state index in [-0.39, 0.29) is 12.6 Å². The molecular formula is C13H17N3O. The van der Waals surface area contributed by atoms with Crippen LogP contribution in [0.4, 0.5) is 0 Å². The van der Waals surface area contributed by atoms with E-state index in [2.05, 4.69) is 11.2 Å². The van der Waals surface area contributed by atoms with Gasteiger partial charge in [0, 0.05) is 11.3 Å². The van der Waals surface area contributed by atoms with Crippen LogP contribution in [0, 0.1) is 13.8 Å². The highest BCUT2D eigenvalue weighted by atomic mass is 16.3. The number of aryl methyl sites for hydroxylation is 1. The zero-order chi connectivity index (χ0) is 12.4. The van der Waals surface area contributed by atoms with Gasteiger partial charge in [0.1, 0.15) is 0 Å². The Kier molecular flexibility index (Phi) is 3.26. The summed E-state index contributed by atoms with van der Waals surface area (Å²) in [5.41, 5.74) is 9.86. The molecule has 0 radical (unpaired) electrons. The Balaban J connectivity index is 2.44. The number of aliphatic hydroxyl groups is 1. The highest BCUT2D eigenvalue weighted by Crippen LogP contribution is 2.19. The maximum Gasteiger partial charge on any atom is 0.0651 e. The van der Waals surface area contributed by atoms with Crippen molar-refractivity contribution in [2.24, 2.45) is 5.73 Å². The normalized spacial score (nSPS) is 12.7. The topological polar surface area (TPSA) is 64.1 Å². The molecule has 0 spiro atoms. The van der Waals surface area contributed by atoms with Gasteiger partial charge in [-0.3, -0.25) is 0 Å². The second kappa shape index (κ2) is 4.69. The standard InChI is InChI=1S/C13H17N3O/c1-9-4-3-5-11(6-9)16-10(2)12(7-15-16)13(14)8-17/h3-7,13,17H,8,14H2,1-2H3. The van der Waals surface area contributed by atoms with E-state index in [4.69, 9.17) is 10.8 Å². The third-order valence-corrected chi connectivity index (χ3v) is 2.89. The zero-order valence-corrected chi connectivity index (χ0v) is 10.1. The maximum absolute atomic E-state index is 9.07. The van der Waals surface area contributed by atoms with Crippen molar-refractivity contribution >= 4 is 0 Å². The fraction of sp³-hybridized carbons (Fsp3) is 0.308. The van der Waals surface area contributed by atoms with Gasteiger partial charge in [-0.1, -0.05) is 12.1 Å². The second-order valence-corrected chi connectivity index (χ2v) is 4.23. The molecule has 0 aliphatic heterocycles. The summed E-state index contributed by atoms with van der Waals surface area (Å²) in [4.78, 5) is 0. The first-order valence-electron chi connectivity index (χ1n) is 5.61. The van der Waals surface area contributed by atoms with Crippen LogP contribution in [0.15, 0.2) is 30.5 Å². The van der Waals surface area contributed by atoms with Crippen molar-refractivity contribution in [3.8, 4) is 5.69 Å². The van der Waals surface area contributed by atoms with Crippen molar-refractivity contribution in [1.29, 1.82) is 0 Å². The van der Waals surface area contributed by atoms with Crippen molar-refractivity contribution in [2.45, 2.75) is 19.9 Å². The largest absolute Gasteiger partial charge is 0.394 e. The Morgan fingerprint density at radius 2 is 2.18 bits per heavy atom. The first-order valence-corrected chi connectivity index (χ1v) is 5.61. The minimum atomic E-state index is -0.367. The van der Waals surface area contributed by atoms with Crippen molar-refractivity contribution in [3.63, 3.8) is 0 Å². The van der Waals surface area contributed by atoms with E-state index in [9.17, 15) is 0 Å². The molecule has 1 aromatic heterocycles. The molecule has 1 unspecified atom stereocenters. The van der Waals surface area contributed by atoms with E-state index in [1.165, 1.54) is 5.56 Å². The van der Waals surface area contributed by atoms with E-state index in [0.29, 0.717) is 0 Å². The number of nitrogens with two attached hydrogens (primary N) is 1. The van der Waals surface area contributed by atoms with Gasteiger partial charge in [0.05, 0.1) is 24.5 Å². The van der Waals surface area contributed by atoms with Crippen LogP contribution in [0.2, 0.25) is 0 Å². The van der Waals surface area contributed by atoms with Crippen molar-refractivity contribution in [1.82, 2.24) is 9.78 Å². The maximum atomic E-state index is 9.07. The molecule has 0 saturated heterocycles. The number of benzene rings is 1. The average molecular weight is 231 g/mol. The molecule has 0 aliphatic rings. The third kappa shape index (κ3) is 2.23. The molecule has 0 aliphatic carbocycles. The molecule has 1 heterocycles. The van der Waals surface area contributed by atoms with E-state index < -0.39 is 0 Å². The molecule has 4 nitrogen and oxygen atoms in total. The molecule has 1 atom stereocenters. The van der Waals surface area contributed by atoms with E-state index >= 15 is 0 Å². The summed E-state index contributed by atoms with van der Waals surface area (Å²) in [5.74, 6) is 0. The molecule has 0 amide bonds. The summed E-state index contributed by atoms with van der Waals surface area (Å²) >= 11 is 0. The van der Waals surface area contributed by atoms with Crippen LogP contribution < -0.4 is 5.73 Å². The smallest absolute Gasteiger partial charge is 0.0651 e. The van der Waals surface area contributed by atoms with Crippen LogP contribution in [-0.2, 0) is 0 Å². The highest BCUT2D eigenvalue weighted by molar-refractivity contribution is 5.38. The third-order valence-electron chi connectivity index (χ3n) is 2.89. The van der Waals surface area contributed by atoms with Gasteiger partial charge in [-0.15, -0.1) is 0 Å². The lowest BCUT2D eigenvalue weighted by Crippen LogP contribution is -2.15. The van der Waals surface area contributed by atoms with Gasteiger partial charge in [-0.05, 0) is 31.5 Å². The van der Waals surface area contributed by atoms with Crippen molar-refractivity contribution in [2.75, 3.05) is 6.61 Å². The van der Waals surface area contributed by atoms with Crippen LogP contribution in [0.1, 0.15) is 22.9 Å². The number of aliphatic hydroxyl groups excluding tert-OH is 1. The summed E-state index contributed by atoms with van der Waals surface area (Å²) in [7, 11) is 0. The van der Waals surface area contributed by atoms with Crippen LogP contribution in [0.25, 0.3) is 5.69 Å². The molecule has 0 saturated carbocycles. The summed E-state index contributed by atoms with van der Waals surface area (Å²) in [6, 6.07) is 7.74. The molecule has 4 heteroatoms. The lowest BCUT2D eigenvalue weighted by atomic mass is 10.1. The Morgan fingerprint density at radius 1 is 1.41 bits per heavy atom. The fourth-order valence-corrected chi connectivity index (χ4v) is 1.90. The number of aromatic nitrogens is 2. The van der Waals surface area contributed by atoms with Gasteiger partial charge in [0.25, 0.3) is 0 Å². The minimum absolute atomic E-state index is 0.0691. The van der Waals surface area contributed by atoms with Gasteiger partial charge >= 0.3 is 0 Å². The average Bonchev–Trinajstić information content (AvgIpc) is 2.70. The molecule has 0 bridgehead atoms. The number of hydrogen-bond acceptors (Lipinski definition) is 3. The van der Waals surface area contributed by atoms with Gasteiger partial charge in [0.2, 0.25) is 0 Å². The SMILES string of the molecule is Cc1cccc(-n2ncc(C(N)CO)c2C)c1. The summed E-state index contributed by atoms with van der Waals surface area (Å²) < 4.78 is 1.85. The zero-order valence-electron chi connectivity index (χ0n) is 10.1. The second-order valence-electron chi connectivity index (χ2n) is 4.23. The molecule has 90 valence electrons. The van der Waals surface area contributed by atoms with E-state index in [1.54, 1.807) is 6.20 Å². The first kappa shape index (κ1) is 11.8. The van der Waals surface area contributed by atoms with Crippen LogP contribution in [0.5, 0.6) is 0 Å².